The maximum atomic E-state index is 13.2. The van der Waals surface area contributed by atoms with Crippen LogP contribution in [0.4, 0.5) is 5.69 Å². The van der Waals surface area contributed by atoms with E-state index in [1.54, 1.807) is 11.0 Å². The molecule has 35 heavy (non-hydrogen) atoms. The van der Waals surface area contributed by atoms with E-state index in [2.05, 4.69) is 4.90 Å². The summed E-state index contributed by atoms with van der Waals surface area (Å²) in [6.45, 7) is 2.48. The maximum Gasteiger partial charge on any atom is 0.227 e. The number of hydrogen-bond acceptors (Lipinski definition) is 3. The molecule has 3 aromatic carbocycles. The number of piperidine rings is 1. The molecule has 184 valence electrons. The van der Waals surface area contributed by atoms with E-state index in [4.69, 9.17) is 23.2 Å². The van der Waals surface area contributed by atoms with Gasteiger partial charge in [0, 0.05) is 32.2 Å². The zero-order valence-corrected chi connectivity index (χ0v) is 21.6. The zero-order chi connectivity index (χ0) is 24.8. The lowest BCUT2D eigenvalue weighted by atomic mass is 9.84. The number of halogens is 2. The number of para-hydroxylation sites is 1. The molecule has 1 fully saturated rings. The van der Waals surface area contributed by atoms with E-state index >= 15 is 0 Å². The van der Waals surface area contributed by atoms with Gasteiger partial charge in [-0.25, -0.2) is 0 Å². The van der Waals surface area contributed by atoms with Crippen molar-refractivity contribution in [2.45, 2.75) is 37.2 Å². The van der Waals surface area contributed by atoms with Crippen molar-refractivity contribution in [2.24, 2.45) is 0 Å². The van der Waals surface area contributed by atoms with Crippen LogP contribution < -0.4 is 4.90 Å². The van der Waals surface area contributed by atoms with Crippen LogP contribution >= 0.6 is 23.2 Å². The minimum Gasteiger partial charge on any atom is -0.385 e. The summed E-state index contributed by atoms with van der Waals surface area (Å²) in [6.07, 6.45) is 2.59. The van der Waals surface area contributed by atoms with Crippen molar-refractivity contribution in [1.29, 1.82) is 0 Å². The van der Waals surface area contributed by atoms with Crippen LogP contribution in [0.2, 0.25) is 10.0 Å². The number of anilines is 1. The summed E-state index contributed by atoms with van der Waals surface area (Å²) in [5.41, 5.74) is 2.12. The lowest BCUT2D eigenvalue weighted by Gasteiger charge is -2.39. The predicted molar refractivity (Wildman–Crippen MR) is 144 cm³/mol. The van der Waals surface area contributed by atoms with E-state index in [0.29, 0.717) is 29.3 Å². The van der Waals surface area contributed by atoms with Crippen LogP contribution in [0.5, 0.6) is 0 Å². The maximum absolute atomic E-state index is 13.2. The second-order valence-electron chi connectivity index (χ2n) is 9.39. The first-order valence-electron chi connectivity index (χ1n) is 12.1. The number of hydrogen-bond donors (Lipinski definition) is 1. The quantitative estimate of drug-likeness (QED) is 0.375. The van der Waals surface area contributed by atoms with Crippen LogP contribution in [-0.2, 0) is 10.4 Å². The molecule has 1 atom stereocenters. The van der Waals surface area contributed by atoms with E-state index in [1.807, 2.05) is 79.8 Å². The first kappa shape index (κ1) is 25.7. The van der Waals surface area contributed by atoms with Crippen molar-refractivity contribution in [3.8, 4) is 0 Å². The first-order chi connectivity index (χ1) is 16.9. The third-order valence-electron chi connectivity index (χ3n) is 7.14. The molecule has 4 rings (SSSR count). The molecule has 1 unspecified atom stereocenters. The Hall–Kier alpha value is -2.37. The third kappa shape index (κ3) is 6.45. The molecule has 1 heterocycles. The Labute approximate surface area is 218 Å². The third-order valence-corrected chi connectivity index (χ3v) is 7.88. The highest BCUT2D eigenvalue weighted by Crippen LogP contribution is 2.34. The van der Waals surface area contributed by atoms with E-state index in [-0.39, 0.29) is 11.8 Å². The molecule has 0 aliphatic carbocycles. The van der Waals surface area contributed by atoms with Gasteiger partial charge in [-0.05, 0) is 67.1 Å². The average molecular weight is 511 g/mol. The number of likely N-dealkylation sites (tertiary alicyclic amines) is 1. The number of amides is 1. The van der Waals surface area contributed by atoms with Crippen LogP contribution in [0.15, 0.2) is 78.9 Å². The fraction of sp³-hybridized carbons (Fsp3) is 0.345. The normalized spacial score (nSPS) is 16.6. The summed E-state index contributed by atoms with van der Waals surface area (Å²) < 4.78 is 0. The fourth-order valence-electron chi connectivity index (χ4n) is 4.82. The highest BCUT2D eigenvalue weighted by Gasteiger charge is 2.34. The molecule has 1 aliphatic rings. The molecular weight excluding hydrogens is 479 g/mol. The number of carbonyl (C=O) groups excluding carboxylic acids is 1. The number of aliphatic hydroxyl groups is 1. The van der Waals surface area contributed by atoms with Crippen LogP contribution in [-0.4, -0.2) is 42.6 Å². The number of nitrogens with zero attached hydrogens (tertiary/aromatic N) is 2. The second-order valence-corrected chi connectivity index (χ2v) is 10.2. The Balaban J connectivity index is 1.42. The fourth-order valence-corrected chi connectivity index (χ4v) is 5.12. The molecule has 4 nitrogen and oxygen atoms in total. The van der Waals surface area contributed by atoms with Gasteiger partial charge in [-0.3, -0.25) is 4.79 Å². The van der Waals surface area contributed by atoms with Gasteiger partial charge in [-0.15, -0.1) is 0 Å². The lowest BCUT2D eigenvalue weighted by molar-refractivity contribution is -0.118. The van der Waals surface area contributed by atoms with Crippen molar-refractivity contribution in [3.63, 3.8) is 0 Å². The number of benzene rings is 3. The van der Waals surface area contributed by atoms with Crippen LogP contribution in [0.1, 0.15) is 42.7 Å². The molecule has 6 heteroatoms. The minimum absolute atomic E-state index is 0.0124. The minimum atomic E-state index is -0.769. The van der Waals surface area contributed by atoms with Crippen LogP contribution in [0.25, 0.3) is 0 Å². The molecule has 1 N–H and O–H groups in total. The van der Waals surface area contributed by atoms with Gasteiger partial charge in [0.05, 0.1) is 15.6 Å². The summed E-state index contributed by atoms with van der Waals surface area (Å²) in [7, 11) is 1.82. The first-order valence-corrected chi connectivity index (χ1v) is 12.9. The molecule has 0 spiro atoms. The van der Waals surface area contributed by atoms with Gasteiger partial charge in [-0.2, -0.15) is 0 Å². The smallest absolute Gasteiger partial charge is 0.227 e. The molecule has 0 bridgehead atoms. The highest BCUT2D eigenvalue weighted by atomic mass is 35.5. The molecule has 0 saturated carbocycles. The predicted octanol–water partition coefficient (Wildman–Crippen LogP) is 6.50. The van der Waals surface area contributed by atoms with Crippen molar-refractivity contribution >= 4 is 34.8 Å². The van der Waals surface area contributed by atoms with Gasteiger partial charge in [0.15, 0.2) is 0 Å². The standard InChI is InChI=1S/C29H32Cl2N2O2/c1-32(25-10-6-3-7-11-25)28(34)21-23(22-12-13-26(30)27(31)20-22)14-17-33-18-15-29(35,16-19-33)24-8-4-2-5-9-24/h2-13,20,23,35H,14-19,21H2,1H3. The van der Waals surface area contributed by atoms with Gasteiger partial charge in [0.2, 0.25) is 5.91 Å². The summed E-state index contributed by atoms with van der Waals surface area (Å²) >= 11 is 12.5. The molecule has 1 saturated heterocycles. The molecule has 0 aromatic heterocycles. The Kier molecular flexibility index (Phi) is 8.51. The van der Waals surface area contributed by atoms with Gasteiger partial charge < -0.3 is 14.9 Å². The number of carbonyl (C=O) groups is 1. The Morgan fingerprint density at radius 1 is 0.971 bits per heavy atom. The van der Waals surface area contributed by atoms with Crippen LogP contribution in [0.3, 0.4) is 0 Å². The largest absolute Gasteiger partial charge is 0.385 e. The molecule has 3 aromatic rings. The Bertz CT molecular complexity index is 1120. The summed E-state index contributed by atoms with van der Waals surface area (Å²) in [6, 6.07) is 25.3. The second kappa shape index (κ2) is 11.6. The highest BCUT2D eigenvalue weighted by molar-refractivity contribution is 6.42. The van der Waals surface area contributed by atoms with E-state index in [0.717, 1.165) is 42.9 Å². The van der Waals surface area contributed by atoms with E-state index < -0.39 is 5.60 Å². The van der Waals surface area contributed by atoms with Gasteiger partial charge in [0.1, 0.15) is 0 Å². The average Bonchev–Trinajstić information content (AvgIpc) is 2.89. The van der Waals surface area contributed by atoms with Crippen molar-refractivity contribution in [1.82, 2.24) is 4.90 Å². The lowest BCUT2D eigenvalue weighted by Crippen LogP contribution is -2.43. The Morgan fingerprint density at radius 2 is 1.60 bits per heavy atom. The van der Waals surface area contributed by atoms with Crippen molar-refractivity contribution < 1.29 is 9.90 Å². The number of rotatable bonds is 8. The molecular formula is C29H32Cl2N2O2. The van der Waals surface area contributed by atoms with Crippen molar-refractivity contribution in [2.75, 3.05) is 31.6 Å². The van der Waals surface area contributed by atoms with E-state index in [9.17, 15) is 9.90 Å². The molecule has 1 aliphatic heterocycles. The SMILES string of the molecule is CN(C(=O)CC(CCN1CCC(O)(c2ccccc2)CC1)c1ccc(Cl)c(Cl)c1)c1ccccc1. The van der Waals surface area contributed by atoms with Crippen LogP contribution in [0, 0.1) is 0 Å². The topological polar surface area (TPSA) is 43.8 Å². The van der Waals surface area contributed by atoms with Gasteiger partial charge in [0.25, 0.3) is 0 Å². The monoisotopic (exact) mass is 510 g/mol. The summed E-state index contributed by atoms with van der Waals surface area (Å²) in [5, 5.41) is 12.2. The molecule has 1 amide bonds. The van der Waals surface area contributed by atoms with E-state index in [1.165, 1.54) is 0 Å². The zero-order valence-electron chi connectivity index (χ0n) is 20.0. The Morgan fingerprint density at radius 3 is 2.23 bits per heavy atom. The molecule has 0 radical (unpaired) electrons. The van der Waals surface area contributed by atoms with Gasteiger partial charge >= 0.3 is 0 Å². The summed E-state index contributed by atoms with van der Waals surface area (Å²) in [5.74, 6) is 0.0720. The summed E-state index contributed by atoms with van der Waals surface area (Å²) in [4.78, 5) is 17.3. The van der Waals surface area contributed by atoms with Crippen molar-refractivity contribution in [3.05, 3.63) is 100 Å². The van der Waals surface area contributed by atoms with Gasteiger partial charge in [-0.1, -0.05) is 77.8 Å².